The van der Waals surface area contributed by atoms with E-state index in [-0.39, 0.29) is 24.7 Å². The Balaban J connectivity index is 1.80. The SMILES string of the molecule is CCC(C)C(NC(=O)C(N)C(C)C)C(=O)NC(Cc1cnc[nH]1)C(=O)NC(Cc1c[nH]c2ccccc12)C(=O)O. The molecule has 2 heterocycles. The molecule has 0 saturated heterocycles. The van der Waals surface area contributed by atoms with Gasteiger partial charge in [-0.2, -0.15) is 0 Å². The molecule has 2 aromatic heterocycles. The summed E-state index contributed by atoms with van der Waals surface area (Å²) in [4.78, 5) is 61.7. The van der Waals surface area contributed by atoms with Crippen molar-refractivity contribution >= 4 is 34.6 Å². The average Bonchev–Trinajstić information content (AvgIpc) is 3.59. The molecule has 5 atom stereocenters. The highest BCUT2D eigenvalue weighted by molar-refractivity contribution is 5.94. The van der Waals surface area contributed by atoms with Gasteiger partial charge in [-0.25, -0.2) is 9.78 Å². The number of nitrogens with two attached hydrogens (primary N) is 1. The van der Waals surface area contributed by atoms with Crippen molar-refractivity contribution in [2.24, 2.45) is 17.6 Å². The molecule has 3 amide bonds. The van der Waals surface area contributed by atoms with Gasteiger partial charge in [0.15, 0.2) is 0 Å². The number of carbonyl (C=O) groups excluding carboxylic acids is 3. The van der Waals surface area contributed by atoms with Gasteiger partial charge >= 0.3 is 5.97 Å². The van der Waals surface area contributed by atoms with Crippen molar-refractivity contribution in [2.75, 3.05) is 0 Å². The number of aromatic amines is 2. The molecule has 0 aliphatic rings. The highest BCUT2D eigenvalue weighted by atomic mass is 16.4. The molecular weight excluding hydrogens is 514 g/mol. The molecule has 0 spiro atoms. The van der Waals surface area contributed by atoms with Crippen LogP contribution in [0.5, 0.6) is 0 Å². The molecular formula is C28H39N7O5. The van der Waals surface area contributed by atoms with Crippen molar-refractivity contribution in [1.82, 2.24) is 30.9 Å². The van der Waals surface area contributed by atoms with Crippen molar-refractivity contribution in [3.63, 3.8) is 0 Å². The number of carbonyl (C=O) groups is 4. The number of hydrogen-bond donors (Lipinski definition) is 7. The monoisotopic (exact) mass is 553 g/mol. The van der Waals surface area contributed by atoms with Gasteiger partial charge < -0.3 is 36.8 Å². The molecule has 0 bridgehead atoms. The minimum absolute atomic E-state index is 0.0314. The second kappa shape index (κ2) is 13.7. The van der Waals surface area contributed by atoms with Gasteiger partial charge in [-0.3, -0.25) is 14.4 Å². The molecule has 0 radical (unpaired) electrons. The van der Waals surface area contributed by atoms with Crippen LogP contribution >= 0.6 is 0 Å². The van der Waals surface area contributed by atoms with Crippen LogP contribution in [0, 0.1) is 11.8 Å². The Labute approximate surface area is 232 Å². The number of nitrogens with zero attached hydrogens (tertiary/aromatic N) is 1. The minimum Gasteiger partial charge on any atom is -0.480 e. The number of carboxylic acid groups (broad SMARTS) is 1. The third-order valence-corrected chi connectivity index (χ3v) is 7.14. The summed E-state index contributed by atoms with van der Waals surface area (Å²) < 4.78 is 0. The number of aliphatic carboxylic acids is 1. The number of nitrogens with one attached hydrogen (secondary N) is 5. The van der Waals surface area contributed by atoms with Crippen molar-refractivity contribution in [3.8, 4) is 0 Å². The maximum Gasteiger partial charge on any atom is 0.326 e. The van der Waals surface area contributed by atoms with Crippen LogP contribution in [-0.2, 0) is 32.0 Å². The molecule has 12 heteroatoms. The van der Waals surface area contributed by atoms with Crippen molar-refractivity contribution in [3.05, 3.63) is 54.2 Å². The quantitative estimate of drug-likeness (QED) is 0.156. The molecule has 0 fully saturated rings. The predicted molar refractivity (Wildman–Crippen MR) is 150 cm³/mol. The number of amides is 3. The molecule has 216 valence electrons. The van der Waals surface area contributed by atoms with Gasteiger partial charge in [-0.05, 0) is 23.5 Å². The summed E-state index contributed by atoms with van der Waals surface area (Å²) >= 11 is 0. The molecule has 0 saturated carbocycles. The topological polar surface area (TPSA) is 195 Å². The number of benzene rings is 1. The highest BCUT2D eigenvalue weighted by Gasteiger charge is 2.33. The Kier molecular flexibility index (Phi) is 10.4. The van der Waals surface area contributed by atoms with Gasteiger partial charge in [0.05, 0.1) is 12.4 Å². The van der Waals surface area contributed by atoms with Crippen LogP contribution in [0.25, 0.3) is 10.9 Å². The summed E-state index contributed by atoms with van der Waals surface area (Å²) in [5.74, 6) is -3.31. The first kappa shape index (κ1) is 30.4. The summed E-state index contributed by atoms with van der Waals surface area (Å²) in [6, 6.07) is 3.34. The zero-order chi connectivity index (χ0) is 29.4. The van der Waals surface area contributed by atoms with Gasteiger partial charge in [0.1, 0.15) is 18.1 Å². The lowest BCUT2D eigenvalue weighted by Crippen LogP contribution is -2.59. The predicted octanol–water partition coefficient (Wildman–Crippen LogP) is 1.24. The zero-order valence-corrected chi connectivity index (χ0v) is 23.2. The number of fused-ring (bicyclic) bond motifs is 1. The van der Waals surface area contributed by atoms with Gasteiger partial charge in [0, 0.05) is 41.8 Å². The standard InChI is InChI=1S/C28H39N7O5/c1-5-16(4)24(35-26(37)23(29)15(2)3)27(38)33-21(11-18-13-30-14-32-18)25(36)34-22(28(39)40)10-17-12-31-20-9-7-6-8-19(17)20/h6-9,12-16,21-24,31H,5,10-11,29H2,1-4H3,(H,30,32)(H,33,38)(H,34,36)(H,35,37)(H,39,40). The smallest absolute Gasteiger partial charge is 0.326 e. The molecule has 0 aliphatic heterocycles. The fourth-order valence-corrected chi connectivity index (χ4v) is 4.33. The van der Waals surface area contributed by atoms with E-state index in [2.05, 4.69) is 30.9 Å². The second-order valence-corrected chi connectivity index (χ2v) is 10.4. The Bertz CT molecular complexity index is 1300. The van der Waals surface area contributed by atoms with E-state index < -0.39 is 47.9 Å². The van der Waals surface area contributed by atoms with Crippen molar-refractivity contribution in [2.45, 2.75) is 71.1 Å². The maximum atomic E-state index is 13.5. The number of imidazole rings is 1. The number of H-pyrrole nitrogens is 2. The van der Waals surface area contributed by atoms with E-state index >= 15 is 0 Å². The van der Waals surface area contributed by atoms with Crippen LogP contribution in [0.4, 0.5) is 0 Å². The van der Waals surface area contributed by atoms with Crippen LogP contribution in [0.15, 0.2) is 43.0 Å². The summed E-state index contributed by atoms with van der Waals surface area (Å²) in [6.07, 6.45) is 5.33. The Morgan fingerprint density at radius 2 is 1.65 bits per heavy atom. The van der Waals surface area contributed by atoms with Crippen molar-refractivity contribution < 1.29 is 24.3 Å². The molecule has 3 rings (SSSR count). The van der Waals surface area contributed by atoms with E-state index in [0.29, 0.717) is 12.1 Å². The first-order valence-corrected chi connectivity index (χ1v) is 13.4. The van der Waals surface area contributed by atoms with Crippen LogP contribution in [0.2, 0.25) is 0 Å². The largest absolute Gasteiger partial charge is 0.480 e. The van der Waals surface area contributed by atoms with Crippen molar-refractivity contribution in [1.29, 1.82) is 0 Å². The number of para-hydroxylation sites is 1. The van der Waals surface area contributed by atoms with E-state index in [4.69, 9.17) is 5.73 Å². The number of hydrogen-bond acceptors (Lipinski definition) is 6. The first-order valence-electron chi connectivity index (χ1n) is 13.4. The third-order valence-electron chi connectivity index (χ3n) is 7.14. The molecule has 3 aromatic rings. The van der Waals surface area contributed by atoms with E-state index in [0.717, 1.165) is 16.5 Å². The third kappa shape index (κ3) is 7.69. The number of aromatic nitrogens is 3. The molecule has 12 nitrogen and oxygen atoms in total. The first-order chi connectivity index (χ1) is 19.0. The molecule has 5 unspecified atom stereocenters. The zero-order valence-electron chi connectivity index (χ0n) is 23.2. The summed E-state index contributed by atoms with van der Waals surface area (Å²) in [7, 11) is 0. The van der Waals surface area contributed by atoms with Gasteiger partial charge in [-0.15, -0.1) is 0 Å². The Morgan fingerprint density at radius 3 is 2.27 bits per heavy atom. The van der Waals surface area contributed by atoms with Gasteiger partial charge in [0.2, 0.25) is 17.7 Å². The van der Waals surface area contributed by atoms with E-state index in [9.17, 15) is 24.3 Å². The van der Waals surface area contributed by atoms with Crippen LogP contribution in [0.1, 0.15) is 45.4 Å². The lowest BCUT2D eigenvalue weighted by molar-refractivity contribution is -0.142. The number of rotatable bonds is 14. The van der Waals surface area contributed by atoms with E-state index in [1.54, 1.807) is 6.20 Å². The average molecular weight is 554 g/mol. The molecule has 8 N–H and O–H groups in total. The van der Waals surface area contributed by atoms with E-state index in [1.807, 2.05) is 52.0 Å². The summed E-state index contributed by atoms with van der Waals surface area (Å²) in [5.41, 5.74) is 8.14. The van der Waals surface area contributed by atoms with Crippen LogP contribution < -0.4 is 21.7 Å². The highest BCUT2D eigenvalue weighted by Crippen LogP contribution is 2.19. The second-order valence-electron chi connectivity index (χ2n) is 10.4. The van der Waals surface area contributed by atoms with Gasteiger partial charge in [0.25, 0.3) is 0 Å². The lowest BCUT2D eigenvalue weighted by atomic mass is 9.96. The van der Waals surface area contributed by atoms with Crippen LogP contribution in [-0.4, -0.2) is 67.9 Å². The molecule has 40 heavy (non-hydrogen) atoms. The van der Waals surface area contributed by atoms with Gasteiger partial charge in [-0.1, -0.05) is 52.3 Å². The Morgan fingerprint density at radius 1 is 0.950 bits per heavy atom. The number of carboxylic acids is 1. The summed E-state index contributed by atoms with van der Waals surface area (Å²) in [5, 5.41) is 18.8. The van der Waals surface area contributed by atoms with Crippen LogP contribution in [0.3, 0.4) is 0 Å². The normalized spacial score (nSPS) is 15.2. The fraction of sp³-hybridized carbons (Fsp3) is 0.464. The Hall–Kier alpha value is -4.19. The lowest BCUT2D eigenvalue weighted by Gasteiger charge is -2.28. The molecule has 1 aromatic carbocycles. The molecule has 0 aliphatic carbocycles. The minimum atomic E-state index is -1.25. The fourth-order valence-electron chi connectivity index (χ4n) is 4.33. The summed E-state index contributed by atoms with van der Waals surface area (Å²) in [6.45, 7) is 7.32. The maximum absolute atomic E-state index is 13.5. The van der Waals surface area contributed by atoms with E-state index in [1.165, 1.54) is 12.5 Å².